The van der Waals surface area contributed by atoms with E-state index in [0.717, 1.165) is 0 Å². The van der Waals surface area contributed by atoms with E-state index in [0.29, 0.717) is 5.69 Å². The van der Waals surface area contributed by atoms with Gasteiger partial charge in [-0.3, -0.25) is 4.90 Å². The van der Waals surface area contributed by atoms with Crippen molar-refractivity contribution in [3.05, 3.63) is 24.3 Å². The Labute approximate surface area is 89.3 Å². The van der Waals surface area contributed by atoms with Gasteiger partial charge in [0.05, 0.1) is 5.69 Å². The first-order valence-electron chi connectivity index (χ1n) is 4.41. The van der Waals surface area contributed by atoms with Crippen molar-refractivity contribution in [2.24, 2.45) is 10.2 Å². The second-order valence-electron chi connectivity index (χ2n) is 2.97. The lowest BCUT2D eigenvalue weighted by Gasteiger charge is -2.13. The summed E-state index contributed by atoms with van der Waals surface area (Å²) in [5.41, 5.74) is 0.424. The second kappa shape index (κ2) is 4.21. The van der Waals surface area contributed by atoms with Crippen LogP contribution in [-0.4, -0.2) is 19.3 Å². The third-order valence-corrected chi connectivity index (χ3v) is 1.95. The number of nitrogens with zero attached hydrogens (tertiary/aromatic N) is 3. The van der Waals surface area contributed by atoms with Gasteiger partial charge in [-0.2, -0.15) is 13.9 Å². The molecule has 0 saturated carbocycles. The van der Waals surface area contributed by atoms with E-state index in [1.165, 1.54) is 23.1 Å². The number of rotatable bonds is 3. The molecule has 0 radical (unpaired) electrons. The summed E-state index contributed by atoms with van der Waals surface area (Å²) in [6.45, 7) is -2.80. The van der Waals surface area contributed by atoms with Gasteiger partial charge in [-0.25, -0.2) is 4.79 Å². The van der Waals surface area contributed by atoms with Crippen LogP contribution in [0.5, 0.6) is 5.75 Å². The topological polar surface area (TPSA) is 54.3 Å². The van der Waals surface area contributed by atoms with E-state index in [2.05, 4.69) is 15.0 Å². The quantitative estimate of drug-likeness (QED) is 0.796. The molecule has 0 atom stereocenters. The lowest BCUT2D eigenvalue weighted by Crippen LogP contribution is -2.23. The zero-order valence-electron chi connectivity index (χ0n) is 8.01. The smallest absolute Gasteiger partial charge is 0.387 e. The van der Waals surface area contributed by atoms with Crippen molar-refractivity contribution in [1.29, 1.82) is 0 Å². The van der Waals surface area contributed by atoms with Crippen LogP contribution in [0, 0.1) is 0 Å². The summed E-state index contributed by atoms with van der Waals surface area (Å²) in [6, 6.07) is 5.30. The van der Waals surface area contributed by atoms with Crippen LogP contribution in [0.25, 0.3) is 0 Å². The molecule has 84 valence electrons. The lowest BCUT2D eigenvalue weighted by molar-refractivity contribution is -0.0498. The van der Waals surface area contributed by atoms with Gasteiger partial charge in [-0.05, 0) is 12.1 Å². The van der Waals surface area contributed by atoms with Gasteiger partial charge in [0.1, 0.15) is 12.4 Å². The normalized spacial score (nSPS) is 14.9. The summed E-state index contributed by atoms with van der Waals surface area (Å²) in [7, 11) is 0. The summed E-state index contributed by atoms with van der Waals surface area (Å²) in [6.07, 6.45) is 0. The number of benzene rings is 1. The number of carbonyl (C=O) groups is 1. The van der Waals surface area contributed by atoms with Gasteiger partial charge in [0, 0.05) is 6.07 Å². The molecule has 2 amide bonds. The van der Waals surface area contributed by atoms with Crippen LogP contribution in [0.1, 0.15) is 0 Å². The Morgan fingerprint density at radius 2 is 2.25 bits per heavy atom. The molecule has 5 nitrogen and oxygen atoms in total. The minimum Gasteiger partial charge on any atom is -0.435 e. The fourth-order valence-corrected chi connectivity index (χ4v) is 1.29. The fourth-order valence-electron chi connectivity index (χ4n) is 1.29. The number of alkyl halides is 2. The SMILES string of the molecule is O=C1N=NCN1c1cccc(OC(F)F)c1. The number of hydrogen-bond acceptors (Lipinski definition) is 3. The molecule has 16 heavy (non-hydrogen) atoms. The molecule has 1 heterocycles. The van der Waals surface area contributed by atoms with E-state index in [4.69, 9.17) is 0 Å². The number of ether oxygens (including phenoxy) is 1. The van der Waals surface area contributed by atoms with Crippen molar-refractivity contribution in [3.63, 3.8) is 0 Å². The summed E-state index contributed by atoms with van der Waals surface area (Å²) < 4.78 is 28.1. The minimum absolute atomic E-state index is 0.00722. The second-order valence-corrected chi connectivity index (χ2v) is 2.97. The number of hydrogen-bond donors (Lipinski definition) is 0. The molecule has 0 spiro atoms. The fraction of sp³-hybridized carbons (Fsp3) is 0.222. The highest BCUT2D eigenvalue weighted by atomic mass is 19.3. The molecule has 7 heteroatoms. The Bertz CT molecular complexity index is 437. The van der Waals surface area contributed by atoms with E-state index in [1.54, 1.807) is 6.07 Å². The molecule has 0 saturated heterocycles. The average Bonchev–Trinajstić information content (AvgIpc) is 2.64. The third-order valence-electron chi connectivity index (χ3n) is 1.95. The number of urea groups is 1. The van der Waals surface area contributed by atoms with E-state index in [9.17, 15) is 13.6 Å². The molecule has 0 unspecified atom stereocenters. The summed E-state index contributed by atoms with van der Waals surface area (Å²) in [5, 5.41) is 6.83. The predicted molar refractivity (Wildman–Crippen MR) is 50.7 cm³/mol. The van der Waals surface area contributed by atoms with Crippen molar-refractivity contribution in [2.75, 3.05) is 11.6 Å². The summed E-state index contributed by atoms with van der Waals surface area (Å²) >= 11 is 0. The van der Waals surface area contributed by atoms with Gasteiger partial charge in [0.25, 0.3) is 0 Å². The number of halogens is 2. The molecule has 2 rings (SSSR count). The maximum Gasteiger partial charge on any atom is 0.387 e. The Kier molecular flexibility index (Phi) is 2.76. The Hall–Kier alpha value is -2.05. The van der Waals surface area contributed by atoms with Crippen LogP contribution in [0.4, 0.5) is 19.3 Å². The molecule has 1 aromatic carbocycles. The van der Waals surface area contributed by atoms with Gasteiger partial charge in [-0.15, -0.1) is 0 Å². The molecule has 1 aromatic rings. The van der Waals surface area contributed by atoms with Gasteiger partial charge >= 0.3 is 12.6 Å². The number of amides is 2. The average molecular weight is 227 g/mol. The van der Waals surface area contributed by atoms with Crippen LogP contribution >= 0.6 is 0 Å². The highest BCUT2D eigenvalue weighted by Gasteiger charge is 2.20. The van der Waals surface area contributed by atoms with Crippen molar-refractivity contribution < 1.29 is 18.3 Å². The number of anilines is 1. The largest absolute Gasteiger partial charge is 0.435 e. The molecule has 1 aliphatic rings. The van der Waals surface area contributed by atoms with Crippen LogP contribution in [0.3, 0.4) is 0 Å². The van der Waals surface area contributed by atoms with Gasteiger partial charge in [0.2, 0.25) is 0 Å². The van der Waals surface area contributed by atoms with Crippen molar-refractivity contribution in [3.8, 4) is 5.75 Å². The van der Waals surface area contributed by atoms with Crippen LogP contribution in [0.15, 0.2) is 34.5 Å². The van der Waals surface area contributed by atoms with E-state index >= 15 is 0 Å². The summed E-state index contributed by atoms with van der Waals surface area (Å²) in [5.74, 6) is -0.00722. The number of carbonyl (C=O) groups excluding carboxylic acids is 1. The van der Waals surface area contributed by atoms with E-state index in [-0.39, 0.29) is 12.4 Å². The monoisotopic (exact) mass is 227 g/mol. The highest BCUT2D eigenvalue weighted by molar-refractivity contribution is 5.93. The molecular formula is C9H7F2N3O2. The van der Waals surface area contributed by atoms with Gasteiger partial charge in [0.15, 0.2) is 0 Å². The molecule has 0 bridgehead atoms. The molecule has 0 N–H and O–H groups in total. The first-order chi connectivity index (χ1) is 7.66. The maximum atomic E-state index is 12.0. The molecule has 0 aliphatic carbocycles. The zero-order chi connectivity index (χ0) is 11.5. The molecule has 0 fully saturated rings. The third kappa shape index (κ3) is 2.13. The van der Waals surface area contributed by atoms with Crippen LogP contribution < -0.4 is 9.64 Å². The number of azo groups is 1. The maximum absolute atomic E-state index is 12.0. The Balaban J connectivity index is 2.19. The Morgan fingerprint density at radius 3 is 2.88 bits per heavy atom. The van der Waals surface area contributed by atoms with Crippen molar-refractivity contribution in [1.82, 2.24) is 0 Å². The molecule has 0 aromatic heterocycles. The lowest BCUT2D eigenvalue weighted by atomic mass is 10.3. The highest BCUT2D eigenvalue weighted by Crippen LogP contribution is 2.24. The Morgan fingerprint density at radius 1 is 1.44 bits per heavy atom. The predicted octanol–water partition coefficient (Wildman–Crippen LogP) is 2.64. The van der Waals surface area contributed by atoms with E-state index < -0.39 is 12.6 Å². The minimum atomic E-state index is -2.89. The first-order valence-corrected chi connectivity index (χ1v) is 4.41. The standard InChI is InChI=1S/C9H7F2N3O2/c10-8(11)16-7-3-1-2-6(4-7)14-5-12-13-9(14)15/h1-4,8H,5H2. The van der Waals surface area contributed by atoms with Crippen LogP contribution in [-0.2, 0) is 0 Å². The summed E-state index contributed by atoms with van der Waals surface area (Å²) in [4.78, 5) is 12.4. The van der Waals surface area contributed by atoms with Crippen LogP contribution in [0.2, 0.25) is 0 Å². The zero-order valence-corrected chi connectivity index (χ0v) is 8.01. The van der Waals surface area contributed by atoms with Gasteiger partial charge in [-0.1, -0.05) is 11.2 Å². The van der Waals surface area contributed by atoms with Crippen molar-refractivity contribution >= 4 is 11.7 Å². The van der Waals surface area contributed by atoms with E-state index in [1.807, 2.05) is 0 Å². The molecular weight excluding hydrogens is 220 g/mol. The first kappa shape index (κ1) is 10.5. The molecule has 1 aliphatic heterocycles. The van der Waals surface area contributed by atoms with Crippen molar-refractivity contribution in [2.45, 2.75) is 6.61 Å². The van der Waals surface area contributed by atoms with Gasteiger partial charge < -0.3 is 4.74 Å².